The Morgan fingerprint density at radius 1 is 1.35 bits per heavy atom. The van der Waals surface area contributed by atoms with Crippen LogP contribution in [0.15, 0.2) is 0 Å². The van der Waals surface area contributed by atoms with Crippen LogP contribution < -0.4 is 5.32 Å². The molecule has 0 aromatic heterocycles. The molecular formula is C13H25F2NO. The summed E-state index contributed by atoms with van der Waals surface area (Å²) in [6.45, 7) is 4.99. The molecule has 2 N–H and O–H groups in total. The van der Waals surface area contributed by atoms with Crippen LogP contribution >= 0.6 is 0 Å². The fourth-order valence-electron chi connectivity index (χ4n) is 2.46. The quantitative estimate of drug-likeness (QED) is 0.758. The van der Waals surface area contributed by atoms with Gasteiger partial charge in [0.25, 0.3) is 0 Å². The molecule has 1 unspecified atom stereocenters. The van der Waals surface area contributed by atoms with Crippen LogP contribution in [0.2, 0.25) is 0 Å². The van der Waals surface area contributed by atoms with E-state index in [1.807, 2.05) is 13.8 Å². The van der Waals surface area contributed by atoms with E-state index in [-0.39, 0.29) is 18.8 Å². The first-order valence-electron chi connectivity index (χ1n) is 6.72. The van der Waals surface area contributed by atoms with Crippen molar-refractivity contribution >= 4 is 0 Å². The normalized spacial score (nSPS) is 24.9. The molecule has 1 saturated carbocycles. The van der Waals surface area contributed by atoms with Gasteiger partial charge in [0.15, 0.2) is 0 Å². The Balaban J connectivity index is 2.27. The van der Waals surface area contributed by atoms with Gasteiger partial charge in [-0.05, 0) is 38.1 Å². The Morgan fingerprint density at radius 3 is 2.53 bits per heavy atom. The smallest absolute Gasteiger partial charge is 0.248 e. The summed E-state index contributed by atoms with van der Waals surface area (Å²) in [6.07, 6.45) is 2.91. The average Bonchev–Trinajstić information content (AvgIpc) is 2.27. The predicted octanol–water partition coefficient (Wildman–Crippen LogP) is 2.95. The lowest BCUT2D eigenvalue weighted by atomic mass is 9.86. The van der Waals surface area contributed by atoms with Crippen molar-refractivity contribution < 1.29 is 13.9 Å². The second-order valence-electron chi connectivity index (χ2n) is 5.38. The van der Waals surface area contributed by atoms with E-state index in [1.54, 1.807) is 0 Å². The van der Waals surface area contributed by atoms with Gasteiger partial charge in [-0.1, -0.05) is 13.8 Å². The van der Waals surface area contributed by atoms with Gasteiger partial charge in [-0.15, -0.1) is 0 Å². The number of halogens is 2. The number of hydrogen-bond donors (Lipinski definition) is 2. The molecule has 0 aromatic rings. The minimum Gasteiger partial charge on any atom is -0.389 e. The van der Waals surface area contributed by atoms with E-state index in [2.05, 4.69) is 5.32 Å². The van der Waals surface area contributed by atoms with Gasteiger partial charge in [-0.2, -0.15) is 0 Å². The zero-order chi connectivity index (χ0) is 12.9. The first-order valence-corrected chi connectivity index (χ1v) is 6.72. The maximum absolute atomic E-state index is 13.2. The maximum Gasteiger partial charge on any atom is 0.248 e. The van der Waals surface area contributed by atoms with Crippen LogP contribution in [0.25, 0.3) is 0 Å². The summed E-state index contributed by atoms with van der Waals surface area (Å²) in [4.78, 5) is 0. The Kier molecular flexibility index (Phi) is 5.32. The molecule has 0 aliphatic heterocycles. The molecule has 102 valence electrons. The van der Waals surface area contributed by atoms with Gasteiger partial charge in [-0.25, -0.2) is 8.78 Å². The Morgan fingerprint density at radius 2 is 2.00 bits per heavy atom. The second-order valence-corrected chi connectivity index (χ2v) is 5.38. The van der Waals surface area contributed by atoms with Crippen molar-refractivity contribution in [3.8, 4) is 0 Å². The second kappa shape index (κ2) is 6.10. The summed E-state index contributed by atoms with van der Waals surface area (Å²) in [5.41, 5.74) is -0.683. The summed E-state index contributed by atoms with van der Waals surface area (Å²) >= 11 is 0. The zero-order valence-electron chi connectivity index (χ0n) is 10.9. The van der Waals surface area contributed by atoms with E-state index in [0.717, 1.165) is 6.42 Å². The highest BCUT2D eigenvalue weighted by Gasteiger charge is 2.36. The summed E-state index contributed by atoms with van der Waals surface area (Å²) < 4.78 is 26.3. The molecule has 1 aliphatic carbocycles. The van der Waals surface area contributed by atoms with E-state index in [4.69, 9.17) is 0 Å². The summed E-state index contributed by atoms with van der Waals surface area (Å²) in [5, 5.41) is 13.2. The van der Waals surface area contributed by atoms with Crippen LogP contribution in [-0.2, 0) is 0 Å². The van der Waals surface area contributed by atoms with Crippen LogP contribution in [0, 0.1) is 5.92 Å². The fourth-order valence-corrected chi connectivity index (χ4v) is 2.46. The van der Waals surface area contributed by atoms with Gasteiger partial charge in [0, 0.05) is 19.4 Å². The van der Waals surface area contributed by atoms with Crippen molar-refractivity contribution in [1.82, 2.24) is 5.32 Å². The number of nitrogens with one attached hydrogen (secondary N) is 1. The zero-order valence-corrected chi connectivity index (χ0v) is 10.9. The van der Waals surface area contributed by atoms with E-state index >= 15 is 0 Å². The first-order chi connectivity index (χ1) is 7.91. The lowest BCUT2D eigenvalue weighted by molar-refractivity contribution is -0.0528. The Labute approximate surface area is 103 Å². The van der Waals surface area contributed by atoms with Gasteiger partial charge in [-0.3, -0.25) is 0 Å². The van der Waals surface area contributed by atoms with E-state index < -0.39 is 11.5 Å². The first kappa shape index (κ1) is 14.8. The molecule has 0 saturated heterocycles. The lowest BCUT2D eigenvalue weighted by Gasteiger charge is -2.31. The Hall–Kier alpha value is -0.220. The molecule has 1 aliphatic rings. The molecule has 0 spiro atoms. The van der Waals surface area contributed by atoms with Crippen molar-refractivity contribution in [3.63, 3.8) is 0 Å². The maximum atomic E-state index is 13.2. The lowest BCUT2D eigenvalue weighted by Crippen LogP contribution is -2.42. The van der Waals surface area contributed by atoms with E-state index in [1.165, 1.54) is 0 Å². The third-order valence-corrected chi connectivity index (χ3v) is 3.95. The highest BCUT2D eigenvalue weighted by molar-refractivity contribution is 4.82. The van der Waals surface area contributed by atoms with Crippen LogP contribution in [0.5, 0.6) is 0 Å². The van der Waals surface area contributed by atoms with Crippen molar-refractivity contribution in [3.05, 3.63) is 0 Å². The molecule has 17 heavy (non-hydrogen) atoms. The molecule has 1 rings (SSSR count). The summed E-state index contributed by atoms with van der Waals surface area (Å²) in [7, 11) is 0. The molecule has 1 fully saturated rings. The molecule has 0 amide bonds. The number of aliphatic hydroxyl groups is 1. The highest BCUT2D eigenvalue weighted by atomic mass is 19.3. The van der Waals surface area contributed by atoms with Crippen molar-refractivity contribution in [1.29, 1.82) is 0 Å². The number of alkyl halides is 2. The molecule has 0 aromatic carbocycles. The van der Waals surface area contributed by atoms with Gasteiger partial charge < -0.3 is 10.4 Å². The van der Waals surface area contributed by atoms with Gasteiger partial charge in [0.1, 0.15) is 0 Å². The number of rotatable bonds is 6. The molecule has 2 nitrogen and oxygen atoms in total. The minimum absolute atomic E-state index is 0.00330. The van der Waals surface area contributed by atoms with Gasteiger partial charge in [0.05, 0.1) is 5.60 Å². The van der Waals surface area contributed by atoms with Crippen molar-refractivity contribution in [2.45, 2.75) is 63.9 Å². The summed E-state index contributed by atoms with van der Waals surface area (Å²) in [5.74, 6) is -2.42. The van der Waals surface area contributed by atoms with Crippen molar-refractivity contribution in [2.24, 2.45) is 5.92 Å². The van der Waals surface area contributed by atoms with E-state index in [9.17, 15) is 13.9 Å². The third kappa shape index (κ3) is 4.88. The average molecular weight is 249 g/mol. The molecule has 0 bridgehead atoms. The third-order valence-electron chi connectivity index (χ3n) is 3.95. The molecule has 1 atom stereocenters. The highest BCUT2D eigenvalue weighted by Crippen LogP contribution is 2.36. The Bertz CT molecular complexity index is 229. The van der Waals surface area contributed by atoms with Crippen molar-refractivity contribution in [2.75, 3.05) is 13.1 Å². The molecule has 4 heteroatoms. The van der Waals surface area contributed by atoms with Gasteiger partial charge >= 0.3 is 0 Å². The topological polar surface area (TPSA) is 32.3 Å². The standard InChI is InChI=1S/C13H25F2NO/c1-3-12(17,4-2)10-16-9-11-6-5-7-13(14,15)8-11/h11,16-17H,3-10H2,1-2H3. The molecule has 0 radical (unpaired) electrons. The fraction of sp³-hybridized carbons (Fsp3) is 1.00. The number of hydrogen-bond acceptors (Lipinski definition) is 2. The van der Waals surface area contributed by atoms with Gasteiger partial charge in [0.2, 0.25) is 5.92 Å². The van der Waals surface area contributed by atoms with Crippen LogP contribution in [0.1, 0.15) is 52.4 Å². The van der Waals surface area contributed by atoms with Crippen LogP contribution in [-0.4, -0.2) is 29.7 Å². The summed E-state index contributed by atoms with van der Waals surface area (Å²) in [6, 6.07) is 0. The molecule has 0 heterocycles. The predicted molar refractivity (Wildman–Crippen MR) is 65.3 cm³/mol. The van der Waals surface area contributed by atoms with Crippen LogP contribution in [0.3, 0.4) is 0 Å². The molecular weight excluding hydrogens is 224 g/mol. The van der Waals surface area contributed by atoms with Crippen LogP contribution in [0.4, 0.5) is 8.78 Å². The van der Waals surface area contributed by atoms with E-state index in [0.29, 0.717) is 32.4 Å². The SMILES string of the molecule is CCC(O)(CC)CNCC1CCCC(F)(F)C1. The monoisotopic (exact) mass is 249 g/mol. The largest absolute Gasteiger partial charge is 0.389 e. The minimum atomic E-state index is -2.48.